The highest BCUT2D eigenvalue weighted by molar-refractivity contribution is 4.52. The molecule has 0 aromatic heterocycles. The van der Waals surface area contributed by atoms with Crippen molar-refractivity contribution in [1.29, 1.82) is 0 Å². The number of hydrogen-bond acceptors (Lipinski definition) is 2. The van der Waals surface area contributed by atoms with Gasteiger partial charge >= 0.3 is 0 Å². The van der Waals surface area contributed by atoms with Gasteiger partial charge in [-0.05, 0) is 25.9 Å². The summed E-state index contributed by atoms with van der Waals surface area (Å²) >= 11 is 0. The van der Waals surface area contributed by atoms with E-state index in [1.54, 1.807) is 0 Å². The topological polar surface area (TPSA) is 21.3 Å². The lowest BCUT2D eigenvalue weighted by Gasteiger charge is -2.04. The number of hydrogen-bond donors (Lipinski definition) is 1. The van der Waals surface area contributed by atoms with Crippen molar-refractivity contribution in [3.8, 4) is 0 Å². The van der Waals surface area contributed by atoms with Crippen LogP contribution in [0.1, 0.15) is 51.9 Å². The zero-order valence-electron chi connectivity index (χ0n) is 10.3. The van der Waals surface area contributed by atoms with Gasteiger partial charge in [0.1, 0.15) is 0 Å². The maximum Gasteiger partial charge on any atom is 0.0885 e. The van der Waals surface area contributed by atoms with Crippen LogP contribution in [0.3, 0.4) is 0 Å². The number of unbranched alkanes of at least 4 members (excludes halogenated alkanes) is 5. The van der Waals surface area contributed by atoms with Crippen LogP contribution in [0.15, 0.2) is 12.8 Å². The van der Waals surface area contributed by atoms with E-state index in [1.807, 2.05) is 0 Å². The van der Waals surface area contributed by atoms with Crippen molar-refractivity contribution in [2.75, 3.05) is 19.7 Å². The van der Waals surface area contributed by atoms with E-state index in [2.05, 4.69) is 18.8 Å². The number of nitrogens with one attached hydrogen (secondary N) is 1. The summed E-state index contributed by atoms with van der Waals surface area (Å²) in [6, 6.07) is 0. The second-order valence-corrected chi connectivity index (χ2v) is 3.91. The predicted molar refractivity (Wildman–Crippen MR) is 67.0 cm³/mol. The van der Waals surface area contributed by atoms with Crippen LogP contribution in [0.4, 0.5) is 0 Å². The SMILES string of the molecule is C=COCCCNCCCCCCCC. The fourth-order valence-electron chi connectivity index (χ4n) is 1.52. The Hall–Kier alpha value is -0.500. The van der Waals surface area contributed by atoms with Crippen LogP contribution < -0.4 is 5.32 Å². The summed E-state index contributed by atoms with van der Waals surface area (Å²) < 4.78 is 5.03. The van der Waals surface area contributed by atoms with Gasteiger partial charge in [-0.2, -0.15) is 0 Å². The molecule has 0 fully saturated rings. The van der Waals surface area contributed by atoms with Gasteiger partial charge in [-0.25, -0.2) is 0 Å². The minimum Gasteiger partial charge on any atom is -0.502 e. The molecule has 0 aliphatic heterocycles. The van der Waals surface area contributed by atoms with E-state index in [0.717, 1.165) is 26.1 Å². The molecule has 0 aromatic rings. The Morgan fingerprint density at radius 2 is 1.67 bits per heavy atom. The second kappa shape index (κ2) is 13.5. The van der Waals surface area contributed by atoms with Crippen LogP contribution >= 0.6 is 0 Å². The average Bonchev–Trinajstić information content (AvgIpc) is 2.26. The van der Waals surface area contributed by atoms with Crippen molar-refractivity contribution in [3.63, 3.8) is 0 Å². The summed E-state index contributed by atoms with van der Waals surface area (Å²) in [4.78, 5) is 0. The van der Waals surface area contributed by atoms with Gasteiger partial charge in [-0.1, -0.05) is 45.6 Å². The van der Waals surface area contributed by atoms with Gasteiger partial charge in [0.05, 0.1) is 12.9 Å². The first-order valence-electron chi connectivity index (χ1n) is 6.35. The van der Waals surface area contributed by atoms with Gasteiger partial charge in [0.2, 0.25) is 0 Å². The van der Waals surface area contributed by atoms with E-state index in [4.69, 9.17) is 4.74 Å². The highest BCUT2D eigenvalue weighted by atomic mass is 16.5. The van der Waals surface area contributed by atoms with Gasteiger partial charge in [-0.15, -0.1) is 0 Å². The molecule has 0 aromatic carbocycles. The van der Waals surface area contributed by atoms with Crippen LogP contribution in [0.25, 0.3) is 0 Å². The molecule has 0 radical (unpaired) electrons. The quantitative estimate of drug-likeness (QED) is 0.396. The Morgan fingerprint density at radius 1 is 1.00 bits per heavy atom. The summed E-state index contributed by atoms with van der Waals surface area (Å²) in [6.45, 7) is 8.75. The van der Waals surface area contributed by atoms with Crippen LogP contribution in [-0.2, 0) is 4.74 Å². The van der Waals surface area contributed by atoms with Crippen molar-refractivity contribution in [2.45, 2.75) is 51.9 Å². The van der Waals surface area contributed by atoms with Gasteiger partial charge in [0.15, 0.2) is 0 Å². The molecule has 0 heterocycles. The molecule has 15 heavy (non-hydrogen) atoms. The molecule has 2 nitrogen and oxygen atoms in total. The van der Waals surface area contributed by atoms with Gasteiger partial charge in [0, 0.05) is 0 Å². The van der Waals surface area contributed by atoms with Gasteiger partial charge in [0.25, 0.3) is 0 Å². The molecule has 0 spiro atoms. The Labute approximate surface area is 95.1 Å². The Balaban J connectivity index is 2.83. The fraction of sp³-hybridized carbons (Fsp3) is 0.846. The number of rotatable bonds is 12. The Kier molecular flexibility index (Phi) is 13.1. The van der Waals surface area contributed by atoms with E-state index in [0.29, 0.717) is 0 Å². The lowest BCUT2D eigenvalue weighted by atomic mass is 10.1. The molecular weight excluding hydrogens is 186 g/mol. The molecule has 0 unspecified atom stereocenters. The third-order valence-electron chi connectivity index (χ3n) is 2.44. The molecule has 0 atom stereocenters. The minimum atomic E-state index is 0.785. The van der Waals surface area contributed by atoms with E-state index < -0.39 is 0 Å². The molecule has 90 valence electrons. The van der Waals surface area contributed by atoms with Crippen molar-refractivity contribution in [2.24, 2.45) is 0 Å². The molecular formula is C13H27NO. The smallest absolute Gasteiger partial charge is 0.0885 e. The van der Waals surface area contributed by atoms with E-state index in [-0.39, 0.29) is 0 Å². The first kappa shape index (κ1) is 14.5. The van der Waals surface area contributed by atoms with E-state index in [1.165, 1.54) is 44.8 Å². The molecule has 0 aliphatic carbocycles. The lowest BCUT2D eigenvalue weighted by molar-refractivity contribution is 0.244. The maximum absolute atomic E-state index is 5.03. The van der Waals surface area contributed by atoms with Crippen molar-refractivity contribution in [3.05, 3.63) is 12.8 Å². The average molecular weight is 213 g/mol. The Morgan fingerprint density at radius 3 is 2.40 bits per heavy atom. The van der Waals surface area contributed by atoms with Crippen LogP contribution in [0, 0.1) is 0 Å². The predicted octanol–water partition coefficient (Wildman–Crippen LogP) is 3.49. The fourth-order valence-corrected chi connectivity index (χ4v) is 1.52. The van der Waals surface area contributed by atoms with Crippen molar-refractivity contribution >= 4 is 0 Å². The van der Waals surface area contributed by atoms with Crippen LogP contribution in [-0.4, -0.2) is 19.7 Å². The minimum absolute atomic E-state index is 0.785. The molecule has 1 N–H and O–H groups in total. The number of ether oxygens (including phenoxy) is 1. The zero-order chi connectivity index (χ0) is 11.2. The molecule has 0 saturated heterocycles. The summed E-state index contributed by atoms with van der Waals surface area (Å²) in [6.07, 6.45) is 10.8. The Bertz CT molecular complexity index is 126. The maximum atomic E-state index is 5.03. The zero-order valence-corrected chi connectivity index (χ0v) is 10.3. The van der Waals surface area contributed by atoms with E-state index >= 15 is 0 Å². The summed E-state index contributed by atoms with van der Waals surface area (Å²) in [7, 11) is 0. The molecule has 0 saturated carbocycles. The highest BCUT2D eigenvalue weighted by Crippen LogP contribution is 2.03. The van der Waals surface area contributed by atoms with Crippen molar-refractivity contribution < 1.29 is 4.74 Å². The lowest BCUT2D eigenvalue weighted by Crippen LogP contribution is -2.17. The molecule has 2 heteroatoms. The van der Waals surface area contributed by atoms with Crippen molar-refractivity contribution in [1.82, 2.24) is 5.32 Å². The molecule has 0 bridgehead atoms. The highest BCUT2D eigenvalue weighted by Gasteiger charge is 1.90. The second-order valence-electron chi connectivity index (χ2n) is 3.91. The standard InChI is InChI=1S/C13H27NO/c1-3-5-6-7-8-9-11-14-12-10-13-15-4-2/h4,14H,2-3,5-13H2,1H3. The summed E-state index contributed by atoms with van der Waals surface area (Å²) in [5.74, 6) is 0. The monoisotopic (exact) mass is 213 g/mol. The van der Waals surface area contributed by atoms with Crippen LogP contribution in [0.2, 0.25) is 0 Å². The molecule has 0 aliphatic rings. The van der Waals surface area contributed by atoms with E-state index in [9.17, 15) is 0 Å². The largest absolute Gasteiger partial charge is 0.502 e. The third-order valence-corrected chi connectivity index (χ3v) is 2.44. The first-order chi connectivity index (χ1) is 7.41. The first-order valence-corrected chi connectivity index (χ1v) is 6.35. The van der Waals surface area contributed by atoms with Crippen LogP contribution in [0.5, 0.6) is 0 Å². The summed E-state index contributed by atoms with van der Waals surface area (Å²) in [5.41, 5.74) is 0. The van der Waals surface area contributed by atoms with Gasteiger partial charge < -0.3 is 10.1 Å². The normalized spacial score (nSPS) is 10.2. The molecule has 0 rings (SSSR count). The third kappa shape index (κ3) is 13.5. The summed E-state index contributed by atoms with van der Waals surface area (Å²) in [5, 5.41) is 3.42. The van der Waals surface area contributed by atoms with Gasteiger partial charge in [-0.3, -0.25) is 0 Å². The molecule has 0 amide bonds.